The number of rotatable bonds is 1. The Kier molecular flexibility index (Phi) is 2.26. The fourth-order valence-electron chi connectivity index (χ4n) is 1.67. The molecule has 1 heterocycles. The van der Waals surface area contributed by atoms with E-state index in [1.165, 1.54) is 19.1 Å². The molecule has 78 valence electrons. The zero-order valence-corrected chi connectivity index (χ0v) is 8.26. The van der Waals surface area contributed by atoms with Crippen molar-refractivity contribution in [2.45, 2.75) is 19.8 Å². The number of carbonyl (C=O) groups excluding carboxylic acids is 2. The van der Waals surface area contributed by atoms with Crippen molar-refractivity contribution in [3.8, 4) is 0 Å². The van der Waals surface area contributed by atoms with E-state index < -0.39 is 5.82 Å². The van der Waals surface area contributed by atoms with Crippen LogP contribution in [-0.2, 0) is 11.2 Å². The molecule has 2 rings (SSSR count). The second-order valence-corrected chi connectivity index (χ2v) is 3.59. The van der Waals surface area contributed by atoms with Crippen LogP contribution in [0.1, 0.15) is 29.3 Å². The summed E-state index contributed by atoms with van der Waals surface area (Å²) in [5.41, 5.74) is 1.39. The van der Waals surface area contributed by atoms with E-state index in [9.17, 15) is 14.0 Å². The molecule has 1 N–H and O–H groups in total. The number of hydrogen-bond donors (Lipinski definition) is 1. The highest BCUT2D eigenvalue weighted by Crippen LogP contribution is 2.25. The Morgan fingerprint density at radius 2 is 2.13 bits per heavy atom. The Hall–Kier alpha value is -1.71. The molecule has 0 fully saturated rings. The molecular formula is C11H10FNO2. The first-order valence-electron chi connectivity index (χ1n) is 4.71. The van der Waals surface area contributed by atoms with Gasteiger partial charge in [-0.2, -0.15) is 0 Å². The number of aryl methyl sites for hydroxylation is 1. The number of amides is 1. The van der Waals surface area contributed by atoms with Crippen LogP contribution >= 0.6 is 0 Å². The molecule has 1 amide bonds. The van der Waals surface area contributed by atoms with E-state index in [0.717, 1.165) is 5.56 Å². The maximum atomic E-state index is 13.4. The van der Waals surface area contributed by atoms with Crippen molar-refractivity contribution in [3.05, 3.63) is 29.1 Å². The molecule has 1 aliphatic rings. The zero-order valence-electron chi connectivity index (χ0n) is 8.26. The summed E-state index contributed by atoms with van der Waals surface area (Å²) >= 11 is 0. The van der Waals surface area contributed by atoms with Gasteiger partial charge in [0.25, 0.3) is 0 Å². The van der Waals surface area contributed by atoms with Crippen molar-refractivity contribution >= 4 is 17.4 Å². The lowest BCUT2D eigenvalue weighted by atomic mass is 9.98. The minimum absolute atomic E-state index is 0.0879. The molecule has 0 bridgehead atoms. The van der Waals surface area contributed by atoms with Gasteiger partial charge in [-0.25, -0.2) is 4.39 Å². The first-order chi connectivity index (χ1) is 7.08. The lowest BCUT2D eigenvalue weighted by molar-refractivity contribution is -0.116. The summed E-state index contributed by atoms with van der Waals surface area (Å²) in [6.07, 6.45) is 0.942. The van der Waals surface area contributed by atoms with Crippen LogP contribution in [0.5, 0.6) is 0 Å². The van der Waals surface area contributed by atoms with Crippen LogP contribution in [0.15, 0.2) is 12.1 Å². The Bertz CT molecular complexity index is 454. The molecule has 1 aliphatic heterocycles. The number of nitrogens with one attached hydrogen (secondary N) is 1. The average Bonchev–Trinajstić information content (AvgIpc) is 2.15. The van der Waals surface area contributed by atoms with E-state index in [-0.39, 0.29) is 17.3 Å². The van der Waals surface area contributed by atoms with Crippen LogP contribution in [0, 0.1) is 5.82 Å². The molecule has 15 heavy (non-hydrogen) atoms. The van der Waals surface area contributed by atoms with Gasteiger partial charge in [-0.05, 0) is 31.0 Å². The Morgan fingerprint density at radius 3 is 2.80 bits per heavy atom. The zero-order chi connectivity index (χ0) is 11.0. The SMILES string of the molecule is CC(=O)c1cc2c(cc1F)NC(=O)CC2. The monoisotopic (exact) mass is 207 g/mol. The number of hydrogen-bond acceptors (Lipinski definition) is 2. The molecular weight excluding hydrogens is 197 g/mol. The van der Waals surface area contributed by atoms with E-state index in [0.29, 0.717) is 18.5 Å². The molecule has 0 saturated heterocycles. The van der Waals surface area contributed by atoms with Crippen molar-refractivity contribution in [2.75, 3.05) is 5.32 Å². The van der Waals surface area contributed by atoms with Gasteiger partial charge in [-0.3, -0.25) is 9.59 Å². The van der Waals surface area contributed by atoms with Gasteiger partial charge in [0.05, 0.1) is 5.56 Å². The summed E-state index contributed by atoms with van der Waals surface area (Å²) in [7, 11) is 0. The Morgan fingerprint density at radius 1 is 1.40 bits per heavy atom. The predicted molar refractivity (Wildman–Crippen MR) is 53.4 cm³/mol. The fourth-order valence-corrected chi connectivity index (χ4v) is 1.67. The van der Waals surface area contributed by atoms with Gasteiger partial charge in [0, 0.05) is 12.1 Å². The van der Waals surface area contributed by atoms with Crippen LogP contribution in [0.25, 0.3) is 0 Å². The van der Waals surface area contributed by atoms with Gasteiger partial charge >= 0.3 is 0 Å². The van der Waals surface area contributed by atoms with Gasteiger partial charge in [0.1, 0.15) is 5.82 Å². The quantitative estimate of drug-likeness (QED) is 0.715. The maximum Gasteiger partial charge on any atom is 0.224 e. The van der Waals surface area contributed by atoms with Crippen LogP contribution in [0.2, 0.25) is 0 Å². The average molecular weight is 207 g/mol. The number of anilines is 1. The third-order valence-electron chi connectivity index (χ3n) is 2.47. The van der Waals surface area contributed by atoms with Crippen LogP contribution in [-0.4, -0.2) is 11.7 Å². The molecule has 0 radical (unpaired) electrons. The summed E-state index contributed by atoms with van der Waals surface area (Å²) in [6.45, 7) is 1.33. The van der Waals surface area contributed by atoms with E-state index in [1.807, 2.05) is 0 Å². The fraction of sp³-hybridized carbons (Fsp3) is 0.273. The molecule has 0 aromatic heterocycles. The van der Waals surface area contributed by atoms with E-state index in [2.05, 4.69) is 5.32 Å². The van der Waals surface area contributed by atoms with E-state index in [4.69, 9.17) is 0 Å². The molecule has 0 unspecified atom stereocenters. The van der Waals surface area contributed by atoms with Gasteiger partial charge < -0.3 is 5.32 Å². The predicted octanol–water partition coefficient (Wildman–Crippen LogP) is 1.91. The summed E-state index contributed by atoms with van der Waals surface area (Å²) in [4.78, 5) is 22.1. The first-order valence-corrected chi connectivity index (χ1v) is 4.71. The summed E-state index contributed by atoms with van der Waals surface area (Å²) in [5.74, 6) is -0.992. The van der Waals surface area contributed by atoms with Crippen LogP contribution in [0.3, 0.4) is 0 Å². The molecule has 1 aromatic carbocycles. The molecule has 0 spiro atoms. The molecule has 0 saturated carbocycles. The van der Waals surface area contributed by atoms with Crippen molar-refractivity contribution < 1.29 is 14.0 Å². The van der Waals surface area contributed by atoms with Gasteiger partial charge in [-0.15, -0.1) is 0 Å². The second-order valence-electron chi connectivity index (χ2n) is 3.59. The van der Waals surface area contributed by atoms with E-state index in [1.54, 1.807) is 0 Å². The number of carbonyl (C=O) groups is 2. The third kappa shape index (κ3) is 1.75. The van der Waals surface area contributed by atoms with E-state index >= 15 is 0 Å². The normalized spacial score (nSPS) is 14.4. The Labute approximate surface area is 86.3 Å². The highest BCUT2D eigenvalue weighted by molar-refractivity contribution is 5.98. The van der Waals surface area contributed by atoms with Gasteiger partial charge in [0.15, 0.2) is 5.78 Å². The molecule has 3 nitrogen and oxygen atoms in total. The number of halogens is 1. The maximum absolute atomic E-state index is 13.4. The number of Topliss-reactive ketones (excluding diaryl/α,β-unsaturated/α-hetero) is 1. The Balaban J connectivity index is 2.50. The lowest BCUT2D eigenvalue weighted by Gasteiger charge is -2.17. The number of benzene rings is 1. The van der Waals surface area contributed by atoms with Crippen LogP contribution < -0.4 is 5.32 Å². The standard InChI is InChI=1S/C11H10FNO2/c1-6(14)8-4-7-2-3-11(15)13-10(7)5-9(8)12/h4-5H,2-3H2,1H3,(H,13,15). The summed E-state index contributed by atoms with van der Waals surface area (Å²) < 4.78 is 13.4. The third-order valence-corrected chi connectivity index (χ3v) is 2.47. The van der Waals surface area contributed by atoms with Crippen molar-refractivity contribution in [2.24, 2.45) is 0 Å². The smallest absolute Gasteiger partial charge is 0.224 e. The molecule has 0 aliphatic carbocycles. The molecule has 0 atom stereocenters. The molecule has 4 heteroatoms. The first kappa shape index (κ1) is 9.83. The van der Waals surface area contributed by atoms with Crippen molar-refractivity contribution in [1.29, 1.82) is 0 Å². The lowest BCUT2D eigenvalue weighted by Crippen LogP contribution is -2.19. The second kappa shape index (κ2) is 3.46. The minimum Gasteiger partial charge on any atom is -0.326 e. The van der Waals surface area contributed by atoms with Crippen molar-refractivity contribution in [1.82, 2.24) is 0 Å². The summed E-state index contributed by atoms with van der Waals surface area (Å²) in [6, 6.07) is 2.73. The highest BCUT2D eigenvalue weighted by Gasteiger charge is 2.18. The summed E-state index contributed by atoms with van der Waals surface area (Å²) in [5, 5.41) is 2.58. The highest BCUT2D eigenvalue weighted by atomic mass is 19.1. The minimum atomic E-state index is -0.580. The topological polar surface area (TPSA) is 46.2 Å². The number of ketones is 1. The van der Waals surface area contributed by atoms with Gasteiger partial charge in [-0.1, -0.05) is 0 Å². The largest absolute Gasteiger partial charge is 0.326 e. The van der Waals surface area contributed by atoms with Crippen LogP contribution in [0.4, 0.5) is 10.1 Å². The molecule has 1 aromatic rings. The van der Waals surface area contributed by atoms with Gasteiger partial charge in [0.2, 0.25) is 5.91 Å². The van der Waals surface area contributed by atoms with Crippen molar-refractivity contribution in [3.63, 3.8) is 0 Å². The number of fused-ring (bicyclic) bond motifs is 1.